The van der Waals surface area contributed by atoms with E-state index in [0.29, 0.717) is 17.7 Å². The van der Waals surface area contributed by atoms with Crippen LogP contribution in [0.5, 0.6) is 0 Å². The molecule has 0 saturated heterocycles. The molecule has 2 heteroatoms. The van der Waals surface area contributed by atoms with Crippen LogP contribution in [-0.4, -0.2) is 4.98 Å². The molecule has 0 bridgehead atoms. The summed E-state index contributed by atoms with van der Waals surface area (Å²) in [6, 6.07) is 8.42. The second-order valence-corrected chi connectivity index (χ2v) is 5.15. The van der Waals surface area contributed by atoms with E-state index in [-0.39, 0.29) is 0 Å². The van der Waals surface area contributed by atoms with Crippen LogP contribution in [0.2, 0.25) is 0 Å². The van der Waals surface area contributed by atoms with Crippen LogP contribution in [0.1, 0.15) is 50.8 Å². The van der Waals surface area contributed by atoms with Crippen molar-refractivity contribution in [1.82, 2.24) is 4.98 Å². The summed E-state index contributed by atoms with van der Waals surface area (Å²) in [7, 11) is 0. The van der Waals surface area contributed by atoms with Gasteiger partial charge in [0, 0.05) is 10.9 Å². The monoisotopic (exact) mass is 228 g/mol. The van der Waals surface area contributed by atoms with Crippen LogP contribution in [0.15, 0.2) is 24.3 Å². The number of rotatable bonds is 2. The Balaban J connectivity index is 2.87. The van der Waals surface area contributed by atoms with Gasteiger partial charge in [-0.05, 0) is 17.2 Å². The molecule has 90 valence electrons. The molecule has 0 aliphatic carbocycles. The van der Waals surface area contributed by atoms with E-state index in [2.05, 4.69) is 56.9 Å². The second kappa shape index (κ2) is 4.36. The molecule has 0 amide bonds. The molecule has 0 saturated carbocycles. The van der Waals surface area contributed by atoms with Crippen molar-refractivity contribution in [3.63, 3.8) is 0 Å². The molecule has 0 atom stereocenters. The maximum absolute atomic E-state index is 6.12. The Hall–Kier alpha value is -1.57. The minimum atomic E-state index is 0.392. The molecular weight excluding hydrogens is 208 g/mol. The third-order valence-corrected chi connectivity index (χ3v) is 3.13. The van der Waals surface area contributed by atoms with Crippen LogP contribution in [0.25, 0.3) is 10.8 Å². The molecule has 1 aromatic carbocycles. The standard InChI is InChI=1S/C15H20N2/c1-9(2)13-11-7-5-6-8-12(11)14(10(3)4)17-15(13)16/h5-10H,1-4H3,(H2,16,17). The topological polar surface area (TPSA) is 38.9 Å². The highest BCUT2D eigenvalue weighted by atomic mass is 14.9. The lowest BCUT2D eigenvalue weighted by molar-refractivity contribution is 0.823. The third kappa shape index (κ3) is 1.99. The van der Waals surface area contributed by atoms with E-state index in [1.807, 2.05) is 0 Å². The summed E-state index contributed by atoms with van der Waals surface area (Å²) >= 11 is 0. The fraction of sp³-hybridized carbons (Fsp3) is 0.400. The highest BCUT2D eigenvalue weighted by Gasteiger charge is 2.15. The highest BCUT2D eigenvalue weighted by Crippen LogP contribution is 2.33. The number of fused-ring (bicyclic) bond motifs is 1. The Kier molecular flexibility index (Phi) is 3.05. The largest absolute Gasteiger partial charge is 0.383 e. The van der Waals surface area contributed by atoms with Crippen molar-refractivity contribution in [1.29, 1.82) is 0 Å². The molecule has 17 heavy (non-hydrogen) atoms. The van der Waals surface area contributed by atoms with E-state index < -0.39 is 0 Å². The lowest BCUT2D eigenvalue weighted by Gasteiger charge is -2.17. The number of aromatic nitrogens is 1. The molecule has 0 aliphatic rings. The van der Waals surface area contributed by atoms with Crippen molar-refractivity contribution >= 4 is 16.6 Å². The first-order valence-electron chi connectivity index (χ1n) is 6.20. The lowest BCUT2D eigenvalue weighted by atomic mass is 9.93. The first-order valence-corrected chi connectivity index (χ1v) is 6.20. The number of pyridine rings is 1. The minimum absolute atomic E-state index is 0.392. The maximum Gasteiger partial charge on any atom is 0.127 e. The number of hydrogen-bond donors (Lipinski definition) is 1. The van der Waals surface area contributed by atoms with Crippen molar-refractivity contribution in [3.8, 4) is 0 Å². The van der Waals surface area contributed by atoms with Crippen molar-refractivity contribution in [2.24, 2.45) is 0 Å². The summed E-state index contributed by atoms with van der Waals surface area (Å²) in [4.78, 5) is 4.60. The smallest absolute Gasteiger partial charge is 0.127 e. The summed E-state index contributed by atoms with van der Waals surface area (Å²) in [6.07, 6.45) is 0. The SMILES string of the molecule is CC(C)c1nc(N)c(C(C)C)c2ccccc12. The Morgan fingerprint density at radius 3 is 2.06 bits per heavy atom. The first-order chi connectivity index (χ1) is 8.02. The van der Waals surface area contributed by atoms with Crippen molar-refractivity contribution in [2.45, 2.75) is 39.5 Å². The molecule has 2 nitrogen and oxygen atoms in total. The zero-order valence-electron chi connectivity index (χ0n) is 11.0. The molecule has 0 aliphatic heterocycles. The van der Waals surface area contributed by atoms with Crippen LogP contribution < -0.4 is 5.73 Å². The van der Waals surface area contributed by atoms with Gasteiger partial charge >= 0.3 is 0 Å². The van der Waals surface area contributed by atoms with E-state index in [4.69, 9.17) is 5.73 Å². The normalized spacial score (nSPS) is 11.6. The molecule has 0 fully saturated rings. The highest BCUT2D eigenvalue weighted by molar-refractivity contribution is 5.91. The average Bonchev–Trinajstić information content (AvgIpc) is 2.27. The van der Waals surface area contributed by atoms with Gasteiger partial charge in [-0.15, -0.1) is 0 Å². The molecule has 1 aromatic heterocycles. The van der Waals surface area contributed by atoms with Crippen LogP contribution in [0.3, 0.4) is 0 Å². The van der Waals surface area contributed by atoms with Gasteiger partial charge in [0.05, 0.1) is 5.69 Å². The maximum atomic E-state index is 6.12. The zero-order chi connectivity index (χ0) is 12.6. The van der Waals surface area contributed by atoms with Crippen LogP contribution >= 0.6 is 0 Å². The average molecular weight is 228 g/mol. The third-order valence-electron chi connectivity index (χ3n) is 3.13. The van der Waals surface area contributed by atoms with E-state index in [9.17, 15) is 0 Å². The van der Waals surface area contributed by atoms with Crippen LogP contribution in [-0.2, 0) is 0 Å². The molecular formula is C15H20N2. The Morgan fingerprint density at radius 1 is 0.941 bits per heavy atom. The van der Waals surface area contributed by atoms with E-state index in [1.54, 1.807) is 0 Å². The molecule has 2 N–H and O–H groups in total. The van der Waals surface area contributed by atoms with Gasteiger partial charge in [0.25, 0.3) is 0 Å². The van der Waals surface area contributed by atoms with Crippen molar-refractivity contribution in [2.75, 3.05) is 5.73 Å². The van der Waals surface area contributed by atoms with Crippen LogP contribution in [0, 0.1) is 0 Å². The van der Waals surface area contributed by atoms with Gasteiger partial charge < -0.3 is 5.73 Å². The summed E-state index contributed by atoms with van der Waals surface area (Å²) in [5, 5.41) is 2.49. The summed E-state index contributed by atoms with van der Waals surface area (Å²) in [5.74, 6) is 1.47. The minimum Gasteiger partial charge on any atom is -0.383 e. The molecule has 0 spiro atoms. The fourth-order valence-corrected chi connectivity index (χ4v) is 2.38. The van der Waals surface area contributed by atoms with Gasteiger partial charge in [-0.1, -0.05) is 52.0 Å². The summed E-state index contributed by atoms with van der Waals surface area (Å²) < 4.78 is 0. The molecule has 0 radical (unpaired) electrons. The van der Waals surface area contributed by atoms with Gasteiger partial charge in [0.2, 0.25) is 0 Å². The Labute approximate surface area is 103 Å². The molecule has 2 aromatic rings. The predicted molar refractivity (Wildman–Crippen MR) is 74.3 cm³/mol. The number of benzene rings is 1. The number of anilines is 1. The second-order valence-electron chi connectivity index (χ2n) is 5.15. The van der Waals surface area contributed by atoms with Gasteiger partial charge in [0.1, 0.15) is 5.82 Å². The zero-order valence-corrected chi connectivity index (χ0v) is 11.0. The number of nitrogens with two attached hydrogens (primary N) is 1. The van der Waals surface area contributed by atoms with Gasteiger partial charge in [-0.2, -0.15) is 0 Å². The fourth-order valence-electron chi connectivity index (χ4n) is 2.38. The number of hydrogen-bond acceptors (Lipinski definition) is 2. The molecule has 1 heterocycles. The van der Waals surface area contributed by atoms with Gasteiger partial charge in [0.15, 0.2) is 0 Å². The molecule has 0 unspecified atom stereocenters. The molecule has 2 rings (SSSR count). The Bertz CT molecular complexity index is 542. The van der Waals surface area contributed by atoms with Crippen molar-refractivity contribution < 1.29 is 0 Å². The van der Waals surface area contributed by atoms with Crippen molar-refractivity contribution in [3.05, 3.63) is 35.5 Å². The summed E-state index contributed by atoms with van der Waals surface area (Å²) in [5.41, 5.74) is 8.39. The Morgan fingerprint density at radius 2 is 1.53 bits per heavy atom. The number of nitrogens with zero attached hydrogens (tertiary/aromatic N) is 1. The van der Waals surface area contributed by atoms with Gasteiger partial charge in [-0.25, -0.2) is 4.98 Å². The summed E-state index contributed by atoms with van der Waals surface area (Å²) in [6.45, 7) is 8.64. The number of nitrogen functional groups attached to an aromatic ring is 1. The van der Waals surface area contributed by atoms with Gasteiger partial charge in [-0.3, -0.25) is 0 Å². The predicted octanol–water partition coefficient (Wildman–Crippen LogP) is 4.06. The lowest BCUT2D eigenvalue weighted by Crippen LogP contribution is -2.05. The first kappa shape index (κ1) is 11.9. The van der Waals surface area contributed by atoms with Crippen LogP contribution in [0.4, 0.5) is 5.82 Å². The van der Waals surface area contributed by atoms with E-state index in [0.717, 1.165) is 5.69 Å². The van der Waals surface area contributed by atoms with E-state index >= 15 is 0 Å². The quantitative estimate of drug-likeness (QED) is 0.841. The van der Waals surface area contributed by atoms with E-state index in [1.165, 1.54) is 16.3 Å².